The first-order chi connectivity index (χ1) is 10.0. The van der Waals surface area contributed by atoms with E-state index in [0.29, 0.717) is 0 Å². The van der Waals surface area contributed by atoms with E-state index in [9.17, 15) is 15.0 Å². The van der Waals surface area contributed by atoms with Crippen molar-refractivity contribution in [2.75, 3.05) is 0 Å². The Kier molecular flexibility index (Phi) is 4.82. The molecule has 0 bridgehead atoms. The molecule has 2 aromatic rings. The molecule has 1 atom stereocenters. The average Bonchev–Trinajstić information content (AvgIpc) is 2.45. The lowest BCUT2D eigenvalue weighted by Gasteiger charge is -2.14. The van der Waals surface area contributed by atoms with Crippen LogP contribution in [0, 0.1) is 0 Å². The number of phenolic OH excluding ortho intramolecular Hbond substituents is 2. The Morgan fingerprint density at radius 1 is 1.10 bits per heavy atom. The molecule has 0 saturated carbocycles. The van der Waals surface area contributed by atoms with Gasteiger partial charge in [-0.3, -0.25) is 4.79 Å². The van der Waals surface area contributed by atoms with E-state index in [4.69, 9.17) is 0 Å². The molecule has 0 radical (unpaired) electrons. The van der Waals surface area contributed by atoms with Gasteiger partial charge in [0.1, 0.15) is 11.5 Å². The molecule has 3 N–H and O–H groups in total. The van der Waals surface area contributed by atoms with Gasteiger partial charge in [-0.2, -0.15) is 0 Å². The van der Waals surface area contributed by atoms with Crippen molar-refractivity contribution in [2.24, 2.45) is 0 Å². The summed E-state index contributed by atoms with van der Waals surface area (Å²) in [5.41, 5.74) is 1.48. The summed E-state index contributed by atoms with van der Waals surface area (Å²) in [5, 5.41) is 21.6. The Balaban J connectivity index is 1.90. The lowest BCUT2D eigenvalue weighted by atomic mass is 10.1. The highest BCUT2D eigenvalue weighted by atomic mass is 16.3. The average molecular weight is 285 g/mol. The van der Waals surface area contributed by atoms with Crippen molar-refractivity contribution in [1.29, 1.82) is 0 Å². The zero-order chi connectivity index (χ0) is 15.2. The zero-order valence-corrected chi connectivity index (χ0v) is 11.9. The van der Waals surface area contributed by atoms with Gasteiger partial charge in [0, 0.05) is 17.7 Å². The van der Waals surface area contributed by atoms with E-state index in [1.54, 1.807) is 0 Å². The first-order valence-electron chi connectivity index (χ1n) is 6.92. The molecule has 1 unspecified atom stereocenters. The number of phenols is 2. The van der Waals surface area contributed by atoms with Crippen molar-refractivity contribution >= 4 is 5.91 Å². The highest BCUT2D eigenvalue weighted by Crippen LogP contribution is 2.20. The van der Waals surface area contributed by atoms with Gasteiger partial charge in [-0.05, 0) is 37.5 Å². The summed E-state index contributed by atoms with van der Waals surface area (Å²) in [7, 11) is 0. The maximum atomic E-state index is 12.0. The van der Waals surface area contributed by atoms with E-state index in [-0.39, 0.29) is 29.0 Å². The molecule has 0 aliphatic rings. The Hall–Kier alpha value is -2.49. The minimum atomic E-state index is -0.304. The third-order valence-electron chi connectivity index (χ3n) is 3.25. The lowest BCUT2D eigenvalue weighted by molar-refractivity contribution is 0.0937. The van der Waals surface area contributed by atoms with Crippen molar-refractivity contribution < 1.29 is 15.0 Å². The standard InChI is InChI=1S/C17H19NO3/c1-12(7-8-13-5-3-2-4-6-13)18-17(21)14-9-15(19)11-16(20)10-14/h2-6,9-12,19-20H,7-8H2,1H3,(H,18,21). The van der Waals surface area contributed by atoms with Crippen molar-refractivity contribution in [3.05, 3.63) is 59.7 Å². The van der Waals surface area contributed by atoms with Crippen LogP contribution < -0.4 is 5.32 Å². The molecular formula is C17H19NO3. The van der Waals surface area contributed by atoms with Gasteiger partial charge in [0.05, 0.1) is 0 Å². The van der Waals surface area contributed by atoms with Crippen LogP contribution in [0.4, 0.5) is 0 Å². The highest BCUT2D eigenvalue weighted by molar-refractivity contribution is 5.95. The number of rotatable bonds is 5. The number of carbonyl (C=O) groups is 1. The van der Waals surface area contributed by atoms with Gasteiger partial charge in [0.2, 0.25) is 0 Å². The van der Waals surface area contributed by atoms with Crippen molar-refractivity contribution in [3.8, 4) is 11.5 Å². The SMILES string of the molecule is CC(CCc1ccccc1)NC(=O)c1cc(O)cc(O)c1. The maximum absolute atomic E-state index is 12.0. The summed E-state index contributed by atoms with van der Waals surface area (Å²) in [6, 6.07) is 13.9. The smallest absolute Gasteiger partial charge is 0.251 e. The second kappa shape index (κ2) is 6.79. The van der Waals surface area contributed by atoms with Crippen LogP contribution >= 0.6 is 0 Å². The van der Waals surface area contributed by atoms with Crippen molar-refractivity contribution in [3.63, 3.8) is 0 Å². The molecule has 0 spiro atoms. The number of hydrogen-bond acceptors (Lipinski definition) is 3. The zero-order valence-electron chi connectivity index (χ0n) is 11.9. The number of aromatic hydroxyl groups is 2. The Morgan fingerprint density at radius 3 is 2.33 bits per heavy atom. The molecular weight excluding hydrogens is 266 g/mol. The third kappa shape index (κ3) is 4.53. The van der Waals surface area contributed by atoms with E-state index in [1.807, 2.05) is 25.1 Å². The fourth-order valence-corrected chi connectivity index (χ4v) is 2.13. The Morgan fingerprint density at radius 2 is 1.71 bits per heavy atom. The predicted molar refractivity (Wildman–Crippen MR) is 81.5 cm³/mol. The molecule has 4 heteroatoms. The van der Waals surface area contributed by atoms with Crippen LogP contribution in [0.5, 0.6) is 11.5 Å². The highest BCUT2D eigenvalue weighted by Gasteiger charge is 2.11. The second-order valence-corrected chi connectivity index (χ2v) is 5.14. The summed E-state index contributed by atoms with van der Waals surface area (Å²) in [6.45, 7) is 1.93. The van der Waals surface area contributed by atoms with Crippen LogP contribution in [0.25, 0.3) is 0 Å². The molecule has 0 aromatic heterocycles. The third-order valence-corrected chi connectivity index (χ3v) is 3.25. The van der Waals surface area contributed by atoms with E-state index < -0.39 is 0 Å². The first kappa shape index (κ1) is 14.9. The van der Waals surface area contributed by atoms with Gasteiger partial charge in [-0.15, -0.1) is 0 Å². The predicted octanol–water partition coefficient (Wildman–Crippen LogP) is 2.85. The van der Waals surface area contributed by atoms with Gasteiger partial charge < -0.3 is 15.5 Å². The fraction of sp³-hybridized carbons (Fsp3) is 0.235. The van der Waals surface area contributed by atoms with E-state index >= 15 is 0 Å². The van der Waals surface area contributed by atoms with Crippen LogP contribution in [-0.4, -0.2) is 22.2 Å². The largest absolute Gasteiger partial charge is 0.508 e. The summed E-state index contributed by atoms with van der Waals surface area (Å²) in [5.74, 6) is -0.559. The van der Waals surface area contributed by atoms with E-state index in [0.717, 1.165) is 12.8 Å². The minimum absolute atomic E-state index is 0.00204. The first-order valence-corrected chi connectivity index (χ1v) is 6.92. The van der Waals surface area contributed by atoms with Crippen molar-refractivity contribution in [1.82, 2.24) is 5.32 Å². The summed E-state index contributed by atoms with van der Waals surface area (Å²) >= 11 is 0. The molecule has 0 aliphatic carbocycles. The van der Waals surface area contributed by atoms with Crippen LogP contribution in [0.3, 0.4) is 0 Å². The van der Waals surface area contributed by atoms with E-state index in [2.05, 4.69) is 17.4 Å². The summed E-state index contributed by atoms with van der Waals surface area (Å²) in [4.78, 5) is 12.0. The molecule has 4 nitrogen and oxygen atoms in total. The quantitative estimate of drug-likeness (QED) is 0.791. The second-order valence-electron chi connectivity index (χ2n) is 5.14. The minimum Gasteiger partial charge on any atom is -0.508 e. The summed E-state index contributed by atoms with van der Waals surface area (Å²) in [6.07, 6.45) is 1.70. The lowest BCUT2D eigenvalue weighted by Crippen LogP contribution is -2.32. The van der Waals surface area contributed by atoms with Gasteiger partial charge in [-0.1, -0.05) is 30.3 Å². The topological polar surface area (TPSA) is 69.6 Å². The molecule has 0 heterocycles. The normalized spacial score (nSPS) is 11.9. The van der Waals surface area contributed by atoms with Crippen LogP contribution in [0.1, 0.15) is 29.3 Å². The number of benzene rings is 2. The van der Waals surface area contributed by atoms with Gasteiger partial charge in [-0.25, -0.2) is 0 Å². The number of carbonyl (C=O) groups excluding carboxylic acids is 1. The molecule has 2 rings (SSSR count). The summed E-state index contributed by atoms with van der Waals surface area (Å²) < 4.78 is 0. The van der Waals surface area contributed by atoms with Gasteiger partial charge >= 0.3 is 0 Å². The van der Waals surface area contributed by atoms with Crippen molar-refractivity contribution in [2.45, 2.75) is 25.8 Å². The molecule has 2 aromatic carbocycles. The number of aryl methyl sites for hydroxylation is 1. The number of nitrogens with one attached hydrogen (secondary N) is 1. The molecule has 1 amide bonds. The Labute approximate surface area is 124 Å². The number of amides is 1. The molecule has 0 saturated heterocycles. The van der Waals surface area contributed by atoms with Crippen LogP contribution in [0.15, 0.2) is 48.5 Å². The van der Waals surface area contributed by atoms with Gasteiger partial charge in [0.25, 0.3) is 5.91 Å². The molecule has 0 aliphatic heterocycles. The molecule has 0 fully saturated rings. The molecule has 21 heavy (non-hydrogen) atoms. The Bertz CT molecular complexity index is 590. The molecule has 110 valence electrons. The maximum Gasteiger partial charge on any atom is 0.251 e. The monoisotopic (exact) mass is 285 g/mol. The van der Waals surface area contributed by atoms with Gasteiger partial charge in [0.15, 0.2) is 0 Å². The van der Waals surface area contributed by atoms with E-state index in [1.165, 1.54) is 23.8 Å². The number of hydrogen-bond donors (Lipinski definition) is 3. The fourth-order valence-electron chi connectivity index (χ4n) is 2.13. The van der Waals surface area contributed by atoms with Crippen LogP contribution in [0.2, 0.25) is 0 Å². The van der Waals surface area contributed by atoms with Crippen LogP contribution in [-0.2, 0) is 6.42 Å².